The SMILES string of the molecule is CC(C)N1CCC(Oc2ccc3c(ccn3S(C)(=O)=O)c2)CC1. The fourth-order valence-corrected chi connectivity index (χ4v) is 3.97. The summed E-state index contributed by atoms with van der Waals surface area (Å²) in [4.78, 5) is 2.47. The number of benzene rings is 1. The van der Waals surface area contributed by atoms with Crippen LogP contribution < -0.4 is 4.74 Å². The second-order valence-corrected chi connectivity index (χ2v) is 8.40. The maximum absolute atomic E-state index is 11.7. The Balaban J connectivity index is 1.73. The van der Waals surface area contributed by atoms with Gasteiger partial charge in [0.2, 0.25) is 10.0 Å². The first-order chi connectivity index (χ1) is 10.8. The third kappa shape index (κ3) is 3.53. The van der Waals surface area contributed by atoms with E-state index >= 15 is 0 Å². The van der Waals surface area contributed by atoms with Gasteiger partial charge in [-0.05, 0) is 51.0 Å². The number of nitrogens with zero attached hydrogens (tertiary/aromatic N) is 2. The Morgan fingerprint density at radius 1 is 1.17 bits per heavy atom. The van der Waals surface area contributed by atoms with Gasteiger partial charge >= 0.3 is 0 Å². The molecule has 126 valence electrons. The molecule has 1 aromatic heterocycles. The molecule has 0 amide bonds. The molecule has 0 radical (unpaired) electrons. The topological polar surface area (TPSA) is 51.5 Å². The van der Waals surface area contributed by atoms with Crippen LogP contribution in [0, 0.1) is 0 Å². The first-order valence-electron chi connectivity index (χ1n) is 8.07. The van der Waals surface area contributed by atoms with Crippen molar-refractivity contribution in [2.24, 2.45) is 0 Å². The minimum absolute atomic E-state index is 0.236. The summed E-state index contributed by atoms with van der Waals surface area (Å²) in [6.07, 6.45) is 5.09. The van der Waals surface area contributed by atoms with E-state index in [9.17, 15) is 8.42 Å². The highest BCUT2D eigenvalue weighted by Gasteiger charge is 2.22. The van der Waals surface area contributed by atoms with Crippen LogP contribution in [0.2, 0.25) is 0 Å². The Bertz CT molecular complexity index is 787. The predicted molar refractivity (Wildman–Crippen MR) is 92.5 cm³/mol. The second kappa shape index (κ2) is 6.17. The van der Waals surface area contributed by atoms with Crippen molar-refractivity contribution in [1.29, 1.82) is 0 Å². The van der Waals surface area contributed by atoms with Crippen LogP contribution in [0.4, 0.5) is 0 Å². The molecule has 2 aromatic rings. The number of ether oxygens (including phenoxy) is 1. The van der Waals surface area contributed by atoms with Crippen molar-refractivity contribution in [3.63, 3.8) is 0 Å². The van der Waals surface area contributed by atoms with Crippen molar-refractivity contribution in [3.05, 3.63) is 30.5 Å². The molecule has 23 heavy (non-hydrogen) atoms. The molecule has 0 spiro atoms. The lowest BCUT2D eigenvalue weighted by molar-refractivity contribution is 0.0844. The summed E-state index contributed by atoms with van der Waals surface area (Å²) >= 11 is 0. The van der Waals surface area contributed by atoms with Crippen molar-refractivity contribution >= 4 is 20.9 Å². The molecule has 0 aliphatic carbocycles. The van der Waals surface area contributed by atoms with Gasteiger partial charge in [0, 0.05) is 30.7 Å². The molecule has 0 saturated carbocycles. The Kier molecular flexibility index (Phi) is 4.38. The zero-order valence-corrected chi connectivity index (χ0v) is 14.7. The molecular formula is C17H24N2O3S. The number of hydrogen-bond donors (Lipinski definition) is 0. The standard InChI is InChI=1S/C17H24N2O3S/c1-13(2)18-9-7-15(8-10-18)22-16-4-5-17-14(12-16)6-11-19(17)23(3,20)21/h4-6,11-13,15H,7-10H2,1-3H3. The van der Waals surface area contributed by atoms with Crippen LogP contribution in [0.5, 0.6) is 5.75 Å². The van der Waals surface area contributed by atoms with E-state index in [2.05, 4.69) is 18.7 Å². The highest BCUT2D eigenvalue weighted by Crippen LogP contribution is 2.26. The third-order valence-electron chi connectivity index (χ3n) is 4.49. The molecule has 0 atom stereocenters. The number of likely N-dealkylation sites (tertiary alicyclic amines) is 1. The zero-order valence-electron chi connectivity index (χ0n) is 13.9. The minimum Gasteiger partial charge on any atom is -0.490 e. The lowest BCUT2D eigenvalue weighted by Crippen LogP contribution is -2.41. The average Bonchev–Trinajstić information content (AvgIpc) is 2.91. The summed E-state index contributed by atoms with van der Waals surface area (Å²) in [5.41, 5.74) is 0.689. The molecule has 1 aliphatic heterocycles. The van der Waals surface area contributed by atoms with Gasteiger partial charge in [0.15, 0.2) is 0 Å². The van der Waals surface area contributed by atoms with Crippen LogP contribution in [0.1, 0.15) is 26.7 Å². The van der Waals surface area contributed by atoms with Crippen LogP contribution in [0.15, 0.2) is 30.5 Å². The maximum Gasteiger partial charge on any atom is 0.236 e. The van der Waals surface area contributed by atoms with Gasteiger partial charge in [-0.3, -0.25) is 0 Å². The summed E-state index contributed by atoms with van der Waals surface area (Å²) < 4.78 is 30.8. The number of piperidine rings is 1. The van der Waals surface area contributed by atoms with Crippen LogP contribution in [-0.2, 0) is 10.0 Å². The van der Waals surface area contributed by atoms with Crippen molar-refractivity contribution < 1.29 is 13.2 Å². The monoisotopic (exact) mass is 336 g/mol. The first-order valence-corrected chi connectivity index (χ1v) is 9.92. The maximum atomic E-state index is 11.7. The van der Waals surface area contributed by atoms with Gasteiger partial charge in [-0.1, -0.05) is 0 Å². The average molecular weight is 336 g/mol. The molecule has 1 aliphatic rings. The smallest absolute Gasteiger partial charge is 0.236 e. The van der Waals surface area contributed by atoms with Crippen molar-refractivity contribution in [2.75, 3.05) is 19.3 Å². The van der Waals surface area contributed by atoms with E-state index in [0.717, 1.165) is 37.1 Å². The molecule has 5 nitrogen and oxygen atoms in total. The largest absolute Gasteiger partial charge is 0.490 e. The van der Waals surface area contributed by atoms with Gasteiger partial charge in [0.25, 0.3) is 0 Å². The lowest BCUT2D eigenvalue weighted by atomic mass is 10.1. The summed E-state index contributed by atoms with van der Waals surface area (Å²) in [6.45, 7) is 6.58. The Labute approximate surface area is 137 Å². The summed E-state index contributed by atoms with van der Waals surface area (Å²) in [6, 6.07) is 7.99. The highest BCUT2D eigenvalue weighted by atomic mass is 32.2. The molecule has 0 unspecified atom stereocenters. The van der Waals surface area contributed by atoms with E-state index in [1.54, 1.807) is 6.20 Å². The molecule has 0 N–H and O–H groups in total. The van der Waals surface area contributed by atoms with Crippen molar-refractivity contribution in [1.82, 2.24) is 8.87 Å². The molecule has 2 heterocycles. The molecule has 6 heteroatoms. The van der Waals surface area contributed by atoms with Gasteiger partial charge in [0.1, 0.15) is 11.9 Å². The fourth-order valence-electron chi connectivity index (χ4n) is 3.16. The number of aromatic nitrogens is 1. The summed E-state index contributed by atoms with van der Waals surface area (Å²) in [5.74, 6) is 0.812. The fraction of sp³-hybridized carbons (Fsp3) is 0.529. The lowest BCUT2D eigenvalue weighted by Gasteiger charge is -2.34. The zero-order chi connectivity index (χ0) is 16.6. The molecule has 1 aromatic carbocycles. The van der Waals surface area contributed by atoms with E-state index in [-0.39, 0.29) is 6.10 Å². The molecule has 3 rings (SSSR count). The van der Waals surface area contributed by atoms with E-state index in [1.807, 2.05) is 24.3 Å². The van der Waals surface area contributed by atoms with Gasteiger partial charge in [0.05, 0.1) is 11.8 Å². The first kappa shape index (κ1) is 16.3. The normalized spacial score (nSPS) is 17.9. The summed E-state index contributed by atoms with van der Waals surface area (Å²) in [7, 11) is -3.27. The number of fused-ring (bicyclic) bond motifs is 1. The van der Waals surface area contributed by atoms with Crippen molar-refractivity contribution in [2.45, 2.75) is 38.8 Å². The van der Waals surface area contributed by atoms with Crippen molar-refractivity contribution in [3.8, 4) is 5.75 Å². The van der Waals surface area contributed by atoms with E-state index in [0.29, 0.717) is 11.6 Å². The predicted octanol–water partition coefficient (Wildman–Crippen LogP) is 2.70. The summed E-state index contributed by atoms with van der Waals surface area (Å²) in [5, 5.41) is 0.882. The van der Waals surface area contributed by atoms with E-state index < -0.39 is 10.0 Å². The van der Waals surface area contributed by atoms with Gasteiger partial charge < -0.3 is 9.64 Å². The molecule has 1 saturated heterocycles. The van der Waals surface area contributed by atoms with Crippen LogP contribution in [0.25, 0.3) is 10.9 Å². The van der Waals surface area contributed by atoms with Gasteiger partial charge in [-0.2, -0.15) is 0 Å². The molecule has 0 bridgehead atoms. The van der Waals surface area contributed by atoms with Gasteiger partial charge in [-0.25, -0.2) is 12.4 Å². The Morgan fingerprint density at radius 3 is 2.48 bits per heavy atom. The quantitative estimate of drug-likeness (QED) is 0.861. The highest BCUT2D eigenvalue weighted by molar-refractivity contribution is 7.89. The van der Waals surface area contributed by atoms with Crippen LogP contribution in [0.3, 0.4) is 0 Å². The second-order valence-electron chi connectivity index (χ2n) is 6.54. The Hall–Kier alpha value is -1.53. The third-order valence-corrected chi connectivity index (χ3v) is 5.53. The Morgan fingerprint density at radius 2 is 1.87 bits per heavy atom. The van der Waals surface area contributed by atoms with E-state index in [4.69, 9.17) is 4.74 Å². The van der Waals surface area contributed by atoms with E-state index in [1.165, 1.54) is 10.2 Å². The van der Waals surface area contributed by atoms with Crippen LogP contribution in [-0.4, -0.2) is 48.8 Å². The van der Waals surface area contributed by atoms with Gasteiger partial charge in [-0.15, -0.1) is 0 Å². The minimum atomic E-state index is -3.27. The molecule has 1 fully saturated rings. The number of rotatable bonds is 4. The molecular weight excluding hydrogens is 312 g/mol. The number of hydrogen-bond acceptors (Lipinski definition) is 4. The van der Waals surface area contributed by atoms with Crippen LogP contribution >= 0.6 is 0 Å².